The number of carbonyl (C=O) groups is 1. The Morgan fingerprint density at radius 1 is 1.38 bits per heavy atom. The molecule has 0 radical (unpaired) electrons. The first-order chi connectivity index (χ1) is 12.5. The molecule has 1 unspecified atom stereocenters. The van der Waals surface area contributed by atoms with Gasteiger partial charge >= 0.3 is 0 Å². The van der Waals surface area contributed by atoms with Crippen LogP contribution in [-0.2, 0) is 18.3 Å². The summed E-state index contributed by atoms with van der Waals surface area (Å²) in [5.41, 5.74) is 0.0872. The molecule has 140 valence electrons. The number of anilines is 1. The molecule has 1 amide bonds. The van der Waals surface area contributed by atoms with Crippen LogP contribution in [0.4, 0.5) is 5.82 Å². The van der Waals surface area contributed by atoms with Gasteiger partial charge in [-0.3, -0.25) is 14.5 Å². The van der Waals surface area contributed by atoms with Crippen molar-refractivity contribution in [3.8, 4) is 0 Å². The number of piperidine rings is 1. The predicted molar refractivity (Wildman–Crippen MR) is 97.6 cm³/mol. The number of aromatic nitrogens is 4. The highest BCUT2D eigenvalue weighted by molar-refractivity contribution is 5.76. The highest BCUT2D eigenvalue weighted by atomic mass is 16.3. The molecule has 2 aromatic heterocycles. The summed E-state index contributed by atoms with van der Waals surface area (Å²) in [6, 6.07) is 1.92. The summed E-state index contributed by atoms with van der Waals surface area (Å²) in [5.74, 6) is 0.784. The largest absolute Gasteiger partial charge is 0.386 e. The first kappa shape index (κ1) is 18.3. The summed E-state index contributed by atoms with van der Waals surface area (Å²) in [5, 5.41) is 15.1. The van der Waals surface area contributed by atoms with E-state index in [0.29, 0.717) is 32.4 Å². The van der Waals surface area contributed by atoms with E-state index in [0.717, 1.165) is 24.5 Å². The van der Waals surface area contributed by atoms with Crippen molar-refractivity contribution in [3.05, 3.63) is 36.5 Å². The molecule has 8 nitrogen and oxygen atoms in total. The lowest BCUT2D eigenvalue weighted by Crippen LogP contribution is -2.55. The molecule has 2 aromatic rings. The lowest BCUT2D eigenvalue weighted by atomic mass is 9.92. The Morgan fingerprint density at radius 3 is 2.92 bits per heavy atom. The van der Waals surface area contributed by atoms with E-state index in [1.54, 1.807) is 41.4 Å². The molecule has 26 heavy (non-hydrogen) atoms. The van der Waals surface area contributed by atoms with Gasteiger partial charge in [0.15, 0.2) is 0 Å². The number of rotatable bonds is 6. The van der Waals surface area contributed by atoms with Gasteiger partial charge in [0, 0.05) is 57.9 Å². The molecule has 0 spiro atoms. The smallest absolute Gasteiger partial charge is 0.222 e. The first-order valence-corrected chi connectivity index (χ1v) is 8.91. The number of amides is 1. The van der Waals surface area contributed by atoms with Crippen LogP contribution in [0.5, 0.6) is 0 Å². The maximum Gasteiger partial charge on any atom is 0.222 e. The molecule has 1 saturated heterocycles. The highest BCUT2D eigenvalue weighted by Gasteiger charge is 2.35. The molecule has 1 fully saturated rings. The standard InChI is InChI=1S/C18H26N6O2/c1-22(17(25)5-4-15-6-8-21-23(15)2)13-18(26)7-3-11-24(14-18)16-12-19-9-10-20-16/h6,8-10,12,26H,3-5,7,11,13-14H2,1-2H3. The second-order valence-electron chi connectivity index (χ2n) is 7.01. The highest BCUT2D eigenvalue weighted by Crippen LogP contribution is 2.25. The number of aryl methyl sites for hydroxylation is 2. The first-order valence-electron chi connectivity index (χ1n) is 8.91. The molecule has 0 saturated carbocycles. The van der Waals surface area contributed by atoms with Crippen LogP contribution < -0.4 is 4.90 Å². The second-order valence-corrected chi connectivity index (χ2v) is 7.01. The zero-order valence-electron chi connectivity index (χ0n) is 15.4. The minimum Gasteiger partial charge on any atom is -0.386 e. The maximum absolute atomic E-state index is 12.5. The van der Waals surface area contributed by atoms with Crippen molar-refractivity contribution in [2.75, 3.05) is 31.6 Å². The molecular weight excluding hydrogens is 332 g/mol. The third-order valence-corrected chi connectivity index (χ3v) is 4.90. The van der Waals surface area contributed by atoms with E-state index >= 15 is 0 Å². The molecule has 0 aromatic carbocycles. The fourth-order valence-corrected chi connectivity index (χ4v) is 3.49. The summed E-state index contributed by atoms with van der Waals surface area (Å²) in [6.07, 6.45) is 9.28. The van der Waals surface area contributed by atoms with E-state index in [4.69, 9.17) is 0 Å². The van der Waals surface area contributed by atoms with Crippen molar-refractivity contribution in [1.29, 1.82) is 0 Å². The Hall–Kier alpha value is -2.48. The van der Waals surface area contributed by atoms with Gasteiger partial charge in [-0.25, -0.2) is 4.98 Å². The van der Waals surface area contributed by atoms with Gasteiger partial charge in [-0.05, 0) is 25.3 Å². The lowest BCUT2D eigenvalue weighted by Gasteiger charge is -2.41. The Kier molecular flexibility index (Phi) is 5.51. The Bertz CT molecular complexity index is 734. The van der Waals surface area contributed by atoms with E-state index in [9.17, 15) is 9.90 Å². The fourth-order valence-electron chi connectivity index (χ4n) is 3.49. The molecule has 3 heterocycles. The number of aliphatic hydroxyl groups is 1. The number of hydrogen-bond donors (Lipinski definition) is 1. The molecule has 1 atom stereocenters. The van der Waals surface area contributed by atoms with Gasteiger partial charge in [-0.2, -0.15) is 5.10 Å². The van der Waals surface area contributed by atoms with Gasteiger partial charge in [0.05, 0.1) is 18.3 Å². The summed E-state index contributed by atoms with van der Waals surface area (Å²) in [6.45, 7) is 1.60. The van der Waals surface area contributed by atoms with Crippen molar-refractivity contribution in [2.24, 2.45) is 7.05 Å². The van der Waals surface area contributed by atoms with Crippen molar-refractivity contribution in [3.63, 3.8) is 0 Å². The van der Waals surface area contributed by atoms with Crippen LogP contribution in [0, 0.1) is 0 Å². The number of hydrogen-bond acceptors (Lipinski definition) is 6. The van der Waals surface area contributed by atoms with Crippen LogP contribution in [0.3, 0.4) is 0 Å². The summed E-state index contributed by atoms with van der Waals surface area (Å²) in [4.78, 5) is 24.5. The van der Waals surface area contributed by atoms with Crippen LogP contribution in [0.15, 0.2) is 30.9 Å². The van der Waals surface area contributed by atoms with E-state index in [2.05, 4.69) is 15.1 Å². The molecule has 1 aliphatic heterocycles. The van der Waals surface area contributed by atoms with Crippen molar-refractivity contribution < 1.29 is 9.90 Å². The molecule has 1 aliphatic rings. The molecular formula is C18H26N6O2. The molecule has 3 rings (SSSR count). The van der Waals surface area contributed by atoms with Gasteiger partial charge in [0.2, 0.25) is 5.91 Å². The number of likely N-dealkylation sites (N-methyl/N-ethyl adjacent to an activating group) is 1. The van der Waals surface area contributed by atoms with E-state index in [-0.39, 0.29) is 5.91 Å². The summed E-state index contributed by atoms with van der Waals surface area (Å²) >= 11 is 0. The average Bonchev–Trinajstić information content (AvgIpc) is 3.05. The monoisotopic (exact) mass is 358 g/mol. The van der Waals surface area contributed by atoms with Gasteiger partial charge in [0.1, 0.15) is 5.82 Å². The third kappa shape index (κ3) is 4.37. The molecule has 0 aliphatic carbocycles. The quantitative estimate of drug-likeness (QED) is 0.815. The van der Waals surface area contributed by atoms with E-state index in [1.807, 2.05) is 18.0 Å². The van der Waals surface area contributed by atoms with Gasteiger partial charge < -0.3 is 14.9 Å². The van der Waals surface area contributed by atoms with Crippen molar-refractivity contribution in [2.45, 2.75) is 31.3 Å². The van der Waals surface area contributed by atoms with Gasteiger partial charge in [-0.1, -0.05) is 0 Å². The van der Waals surface area contributed by atoms with Crippen LogP contribution in [0.2, 0.25) is 0 Å². The fraction of sp³-hybridized carbons (Fsp3) is 0.556. The zero-order chi connectivity index (χ0) is 18.6. The van der Waals surface area contributed by atoms with E-state index in [1.165, 1.54) is 0 Å². The molecule has 8 heteroatoms. The van der Waals surface area contributed by atoms with E-state index < -0.39 is 5.60 Å². The van der Waals surface area contributed by atoms with Crippen LogP contribution in [0.1, 0.15) is 25.0 Å². The van der Waals surface area contributed by atoms with Crippen LogP contribution >= 0.6 is 0 Å². The van der Waals surface area contributed by atoms with Crippen LogP contribution in [0.25, 0.3) is 0 Å². The van der Waals surface area contributed by atoms with Gasteiger partial charge in [0.25, 0.3) is 0 Å². The molecule has 0 bridgehead atoms. The van der Waals surface area contributed by atoms with Gasteiger partial charge in [-0.15, -0.1) is 0 Å². The Labute approximate surface area is 153 Å². The minimum atomic E-state index is -0.938. The average molecular weight is 358 g/mol. The number of nitrogens with zero attached hydrogens (tertiary/aromatic N) is 6. The van der Waals surface area contributed by atoms with Crippen molar-refractivity contribution in [1.82, 2.24) is 24.6 Å². The third-order valence-electron chi connectivity index (χ3n) is 4.90. The SMILES string of the molecule is CN(CC1(O)CCCN(c2cnccn2)C1)C(=O)CCc1ccnn1C. The van der Waals surface area contributed by atoms with Crippen molar-refractivity contribution >= 4 is 11.7 Å². The maximum atomic E-state index is 12.5. The molecule has 1 N–H and O–H groups in total. The lowest BCUT2D eigenvalue weighted by molar-refractivity contribution is -0.133. The zero-order valence-corrected chi connectivity index (χ0v) is 15.4. The van der Waals surface area contributed by atoms with Crippen LogP contribution in [-0.4, -0.2) is 67.9 Å². The minimum absolute atomic E-state index is 0.0243. The second kappa shape index (κ2) is 7.82. The summed E-state index contributed by atoms with van der Waals surface area (Å²) < 4.78 is 1.78. The Balaban J connectivity index is 1.56. The predicted octanol–water partition coefficient (Wildman–Crippen LogP) is 0.633. The normalized spacial score (nSPS) is 20.2. The number of carbonyl (C=O) groups excluding carboxylic acids is 1. The topological polar surface area (TPSA) is 87.4 Å². The Morgan fingerprint density at radius 2 is 2.23 bits per heavy atom. The number of β-amino-alcohol motifs (C(OH)–C–C–N with tert-alkyl or cyclic N) is 1. The summed E-state index contributed by atoms with van der Waals surface area (Å²) in [7, 11) is 3.63.